The molecule has 0 bridgehead atoms. The van der Waals surface area contributed by atoms with Crippen molar-refractivity contribution in [1.29, 1.82) is 0 Å². The predicted molar refractivity (Wildman–Crippen MR) is 67.1 cm³/mol. The molecule has 0 amide bonds. The molecular weight excluding hydrogens is 202 g/mol. The van der Waals surface area contributed by atoms with Crippen molar-refractivity contribution in [2.45, 2.75) is 45.6 Å². The Balaban J connectivity index is 1.99. The fourth-order valence-electron chi connectivity index (χ4n) is 2.97. The van der Waals surface area contributed by atoms with Gasteiger partial charge < -0.3 is 5.73 Å². The van der Waals surface area contributed by atoms with Crippen LogP contribution in [0.4, 0.5) is 0 Å². The van der Waals surface area contributed by atoms with E-state index in [4.69, 9.17) is 5.73 Å². The van der Waals surface area contributed by atoms with Gasteiger partial charge in [0.25, 0.3) is 0 Å². The Kier molecular flexibility index (Phi) is 3.17. The van der Waals surface area contributed by atoms with Crippen molar-refractivity contribution < 1.29 is 0 Å². The quantitative estimate of drug-likeness (QED) is 0.834. The second-order valence-electron chi connectivity index (χ2n) is 5.49. The van der Waals surface area contributed by atoms with Gasteiger partial charge in [-0.05, 0) is 53.0 Å². The number of rotatable bonds is 3. The third-order valence-corrected chi connectivity index (χ3v) is 4.64. The van der Waals surface area contributed by atoms with Crippen molar-refractivity contribution in [3.63, 3.8) is 0 Å². The molecular formula is C13H21NS. The minimum atomic E-state index is 0.345. The maximum atomic E-state index is 6.35. The van der Waals surface area contributed by atoms with Gasteiger partial charge in [0.2, 0.25) is 0 Å². The van der Waals surface area contributed by atoms with Gasteiger partial charge in [-0.15, -0.1) is 0 Å². The summed E-state index contributed by atoms with van der Waals surface area (Å²) in [6, 6.07) is 2.55. The van der Waals surface area contributed by atoms with Crippen LogP contribution >= 0.6 is 11.3 Å². The molecule has 2 N–H and O–H groups in total. The highest BCUT2D eigenvalue weighted by molar-refractivity contribution is 7.07. The monoisotopic (exact) mass is 223 g/mol. The molecule has 15 heavy (non-hydrogen) atoms. The number of hydrogen-bond acceptors (Lipinski definition) is 2. The molecule has 1 fully saturated rings. The van der Waals surface area contributed by atoms with Gasteiger partial charge in [0.05, 0.1) is 0 Å². The summed E-state index contributed by atoms with van der Waals surface area (Å²) in [4.78, 5) is 0. The summed E-state index contributed by atoms with van der Waals surface area (Å²) in [5.41, 5.74) is 8.22. The topological polar surface area (TPSA) is 26.0 Å². The van der Waals surface area contributed by atoms with E-state index in [1.165, 1.54) is 24.8 Å². The molecule has 0 spiro atoms. The Morgan fingerprint density at radius 3 is 2.93 bits per heavy atom. The lowest BCUT2D eigenvalue weighted by molar-refractivity contribution is 0.220. The Bertz CT molecular complexity index is 302. The number of hydrogen-bond donors (Lipinski definition) is 1. The van der Waals surface area contributed by atoms with Crippen LogP contribution in [0.3, 0.4) is 0 Å². The van der Waals surface area contributed by atoms with Crippen LogP contribution in [0.5, 0.6) is 0 Å². The molecule has 1 saturated carbocycles. The SMILES string of the molecule is CC1(C)CCCC1C(N)Cc1ccsc1. The van der Waals surface area contributed by atoms with E-state index in [1.54, 1.807) is 11.3 Å². The molecule has 2 unspecified atom stereocenters. The van der Waals surface area contributed by atoms with Gasteiger partial charge in [0.15, 0.2) is 0 Å². The fraction of sp³-hybridized carbons (Fsp3) is 0.692. The molecule has 1 aliphatic rings. The van der Waals surface area contributed by atoms with Crippen molar-refractivity contribution in [3.05, 3.63) is 22.4 Å². The number of nitrogens with two attached hydrogens (primary N) is 1. The standard InChI is InChI=1S/C13H21NS/c1-13(2)6-3-4-11(13)12(14)8-10-5-7-15-9-10/h5,7,9,11-12H,3-4,6,8,14H2,1-2H3. The van der Waals surface area contributed by atoms with E-state index in [2.05, 4.69) is 30.7 Å². The van der Waals surface area contributed by atoms with Crippen molar-refractivity contribution in [2.75, 3.05) is 0 Å². The number of thiophene rings is 1. The molecule has 0 saturated heterocycles. The molecule has 1 aliphatic carbocycles. The first-order valence-electron chi connectivity index (χ1n) is 5.86. The van der Waals surface area contributed by atoms with Crippen molar-refractivity contribution in [2.24, 2.45) is 17.1 Å². The lowest BCUT2D eigenvalue weighted by atomic mass is 9.76. The molecule has 1 aromatic rings. The molecule has 0 aromatic carbocycles. The van der Waals surface area contributed by atoms with Crippen LogP contribution in [-0.2, 0) is 6.42 Å². The Labute approximate surface area is 96.7 Å². The molecule has 1 heterocycles. The zero-order valence-electron chi connectivity index (χ0n) is 9.70. The lowest BCUT2D eigenvalue weighted by Crippen LogP contribution is -2.37. The molecule has 2 heteroatoms. The Morgan fingerprint density at radius 1 is 1.60 bits per heavy atom. The van der Waals surface area contributed by atoms with E-state index in [-0.39, 0.29) is 0 Å². The van der Waals surface area contributed by atoms with Crippen LogP contribution in [-0.4, -0.2) is 6.04 Å². The van der Waals surface area contributed by atoms with Crippen molar-refractivity contribution in [1.82, 2.24) is 0 Å². The highest BCUT2D eigenvalue weighted by atomic mass is 32.1. The second-order valence-corrected chi connectivity index (χ2v) is 6.27. The smallest absolute Gasteiger partial charge is 0.0113 e. The second kappa shape index (κ2) is 4.26. The van der Waals surface area contributed by atoms with E-state index in [0.29, 0.717) is 17.4 Å². The Morgan fingerprint density at radius 2 is 2.40 bits per heavy atom. The molecule has 84 valence electrons. The maximum absolute atomic E-state index is 6.35. The first-order valence-corrected chi connectivity index (χ1v) is 6.80. The van der Waals surface area contributed by atoms with E-state index in [1.807, 2.05) is 0 Å². The molecule has 1 nitrogen and oxygen atoms in total. The largest absolute Gasteiger partial charge is 0.327 e. The summed E-state index contributed by atoms with van der Waals surface area (Å²) < 4.78 is 0. The fourth-order valence-corrected chi connectivity index (χ4v) is 3.65. The van der Waals surface area contributed by atoms with Gasteiger partial charge in [0.1, 0.15) is 0 Å². The van der Waals surface area contributed by atoms with Crippen LogP contribution in [0.15, 0.2) is 16.8 Å². The Hall–Kier alpha value is -0.340. The minimum absolute atomic E-state index is 0.345. The van der Waals surface area contributed by atoms with Gasteiger partial charge >= 0.3 is 0 Å². The van der Waals surface area contributed by atoms with Crippen LogP contribution in [0.25, 0.3) is 0 Å². The summed E-state index contributed by atoms with van der Waals surface area (Å²) in [5, 5.41) is 4.36. The zero-order chi connectivity index (χ0) is 10.9. The third kappa shape index (κ3) is 2.43. The van der Waals surface area contributed by atoms with Crippen LogP contribution in [0.2, 0.25) is 0 Å². The van der Waals surface area contributed by atoms with Gasteiger partial charge in [-0.2, -0.15) is 11.3 Å². The van der Waals surface area contributed by atoms with Crippen molar-refractivity contribution in [3.8, 4) is 0 Å². The van der Waals surface area contributed by atoms with E-state index < -0.39 is 0 Å². The van der Waals surface area contributed by atoms with E-state index in [0.717, 1.165) is 6.42 Å². The first-order chi connectivity index (χ1) is 7.09. The van der Waals surface area contributed by atoms with Gasteiger partial charge in [0, 0.05) is 6.04 Å². The molecule has 1 aromatic heterocycles. The average molecular weight is 223 g/mol. The van der Waals surface area contributed by atoms with Gasteiger partial charge in [-0.3, -0.25) is 0 Å². The summed E-state index contributed by atoms with van der Waals surface area (Å²) in [6.45, 7) is 4.75. The van der Waals surface area contributed by atoms with Crippen LogP contribution in [0, 0.1) is 11.3 Å². The molecule has 0 radical (unpaired) electrons. The van der Waals surface area contributed by atoms with Crippen LogP contribution in [0.1, 0.15) is 38.7 Å². The zero-order valence-corrected chi connectivity index (χ0v) is 10.5. The highest BCUT2D eigenvalue weighted by Gasteiger charge is 2.37. The molecule has 2 rings (SSSR count). The van der Waals surface area contributed by atoms with E-state index >= 15 is 0 Å². The normalized spacial score (nSPS) is 26.7. The first kappa shape index (κ1) is 11.2. The average Bonchev–Trinajstić information content (AvgIpc) is 2.73. The highest BCUT2D eigenvalue weighted by Crippen LogP contribution is 2.44. The van der Waals surface area contributed by atoms with Crippen molar-refractivity contribution >= 4 is 11.3 Å². The third-order valence-electron chi connectivity index (χ3n) is 3.91. The lowest BCUT2D eigenvalue weighted by Gasteiger charge is -2.31. The van der Waals surface area contributed by atoms with Gasteiger partial charge in [-0.25, -0.2) is 0 Å². The molecule has 2 atom stereocenters. The maximum Gasteiger partial charge on any atom is 0.0113 e. The van der Waals surface area contributed by atoms with Crippen LogP contribution < -0.4 is 5.73 Å². The summed E-state index contributed by atoms with van der Waals surface area (Å²) in [5.74, 6) is 0.706. The minimum Gasteiger partial charge on any atom is -0.327 e. The predicted octanol–water partition coefficient (Wildman–Crippen LogP) is 3.44. The van der Waals surface area contributed by atoms with E-state index in [9.17, 15) is 0 Å². The summed E-state index contributed by atoms with van der Waals surface area (Å²) >= 11 is 1.77. The van der Waals surface area contributed by atoms with Gasteiger partial charge in [-0.1, -0.05) is 20.3 Å². The summed E-state index contributed by atoms with van der Waals surface area (Å²) in [7, 11) is 0. The summed E-state index contributed by atoms with van der Waals surface area (Å²) in [6.07, 6.45) is 5.07. The molecule has 0 aliphatic heterocycles.